The van der Waals surface area contributed by atoms with E-state index in [1.54, 1.807) is 21.9 Å². The molecule has 0 aliphatic carbocycles. The molecular weight excluding hydrogens is 462 g/mol. The lowest BCUT2D eigenvalue weighted by Crippen LogP contribution is -2.49. The van der Waals surface area contributed by atoms with Crippen molar-refractivity contribution in [2.24, 2.45) is 0 Å². The second-order valence-corrected chi connectivity index (χ2v) is 10.1. The predicted octanol–water partition coefficient (Wildman–Crippen LogP) is 3.81. The van der Waals surface area contributed by atoms with Crippen LogP contribution in [-0.2, 0) is 9.84 Å². The van der Waals surface area contributed by atoms with E-state index >= 15 is 0 Å². The van der Waals surface area contributed by atoms with Crippen molar-refractivity contribution < 1.29 is 26.8 Å². The number of rotatable bonds is 5. The van der Waals surface area contributed by atoms with Crippen LogP contribution in [-0.4, -0.2) is 57.9 Å². The van der Waals surface area contributed by atoms with Crippen LogP contribution in [0.1, 0.15) is 20.7 Å². The van der Waals surface area contributed by atoms with E-state index in [4.69, 9.17) is 0 Å². The Hall–Kier alpha value is -3.59. The van der Waals surface area contributed by atoms with Gasteiger partial charge in [-0.25, -0.2) is 17.2 Å². The van der Waals surface area contributed by atoms with Gasteiger partial charge in [-0.2, -0.15) is 0 Å². The van der Waals surface area contributed by atoms with Crippen LogP contribution in [0, 0.1) is 11.6 Å². The Kier molecular flexibility index (Phi) is 6.47. The summed E-state index contributed by atoms with van der Waals surface area (Å²) in [6.45, 7) is 1.31. The summed E-state index contributed by atoms with van der Waals surface area (Å²) in [6, 6.07) is 14.2. The lowest BCUT2D eigenvalue weighted by molar-refractivity contribution is 0.0747. The maximum atomic E-state index is 14.4. The number of piperazine rings is 1. The largest absolute Gasteiger partial charge is 0.366 e. The first-order valence-corrected chi connectivity index (χ1v) is 12.5. The van der Waals surface area contributed by atoms with Crippen LogP contribution in [0.25, 0.3) is 11.1 Å². The van der Waals surface area contributed by atoms with E-state index in [9.17, 15) is 26.8 Å². The van der Waals surface area contributed by atoms with Gasteiger partial charge in [0.1, 0.15) is 17.9 Å². The number of hydrogen-bond acceptors (Lipinski definition) is 5. The molecule has 176 valence electrons. The second-order valence-electron chi connectivity index (χ2n) is 8.09. The van der Waals surface area contributed by atoms with Gasteiger partial charge in [0.25, 0.3) is 5.91 Å². The van der Waals surface area contributed by atoms with E-state index in [0.29, 0.717) is 49.3 Å². The Bertz CT molecular complexity index is 1350. The Labute approximate surface area is 196 Å². The summed E-state index contributed by atoms with van der Waals surface area (Å²) in [4.78, 5) is 27.7. The number of benzene rings is 3. The fourth-order valence-electron chi connectivity index (χ4n) is 3.99. The molecule has 1 fully saturated rings. The molecule has 0 unspecified atom stereocenters. The number of hydrogen-bond donors (Lipinski definition) is 0. The highest BCUT2D eigenvalue weighted by atomic mass is 32.2. The number of carbonyl (C=O) groups is 2. The van der Waals surface area contributed by atoms with Crippen molar-refractivity contribution >= 4 is 27.7 Å². The minimum Gasteiger partial charge on any atom is -0.366 e. The molecule has 1 saturated heterocycles. The zero-order chi connectivity index (χ0) is 24.5. The molecule has 1 heterocycles. The van der Waals surface area contributed by atoms with Crippen LogP contribution >= 0.6 is 0 Å². The number of amides is 1. The highest BCUT2D eigenvalue weighted by Crippen LogP contribution is 2.29. The molecule has 34 heavy (non-hydrogen) atoms. The highest BCUT2D eigenvalue weighted by Gasteiger charge is 2.26. The SMILES string of the molecule is CS(=O)(=O)c1ccc(-c2ccc(F)cc2)c(C(=O)N2CCN(c3ccc(C=O)cc3F)CC2)c1. The van der Waals surface area contributed by atoms with Crippen molar-refractivity contribution in [3.8, 4) is 11.1 Å². The third-order valence-electron chi connectivity index (χ3n) is 5.82. The first kappa shape index (κ1) is 23.6. The van der Waals surface area contributed by atoms with Gasteiger partial charge in [0, 0.05) is 43.6 Å². The van der Waals surface area contributed by atoms with Gasteiger partial charge in [-0.1, -0.05) is 18.2 Å². The van der Waals surface area contributed by atoms with Gasteiger partial charge in [0.05, 0.1) is 10.6 Å². The average Bonchev–Trinajstić information content (AvgIpc) is 2.83. The van der Waals surface area contributed by atoms with Crippen LogP contribution in [0.3, 0.4) is 0 Å². The van der Waals surface area contributed by atoms with E-state index in [0.717, 1.165) is 6.26 Å². The van der Waals surface area contributed by atoms with Crippen LogP contribution in [0.15, 0.2) is 65.6 Å². The van der Waals surface area contributed by atoms with E-state index in [2.05, 4.69) is 0 Å². The summed E-state index contributed by atoms with van der Waals surface area (Å²) in [5.41, 5.74) is 1.87. The third kappa shape index (κ3) is 4.84. The molecule has 0 spiro atoms. The summed E-state index contributed by atoms with van der Waals surface area (Å²) in [5, 5.41) is 0. The molecule has 3 aromatic rings. The predicted molar refractivity (Wildman–Crippen MR) is 125 cm³/mol. The van der Waals surface area contributed by atoms with Gasteiger partial charge in [0.15, 0.2) is 9.84 Å². The van der Waals surface area contributed by atoms with Gasteiger partial charge in [-0.3, -0.25) is 9.59 Å². The van der Waals surface area contributed by atoms with Crippen LogP contribution < -0.4 is 4.90 Å². The third-order valence-corrected chi connectivity index (χ3v) is 6.93. The summed E-state index contributed by atoms with van der Waals surface area (Å²) in [6.07, 6.45) is 1.64. The fourth-order valence-corrected chi connectivity index (χ4v) is 4.63. The summed E-state index contributed by atoms with van der Waals surface area (Å²) >= 11 is 0. The van der Waals surface area contributed by atoms with E-state index in [1.165, 1.54) is 48.5 Å². The van der Waals surface area contributed by atoms with Crippen molar-refractivity contribution in [1.82, 2.24) is 4.90 Å². The number of anilines is 1. The Balaban J connectivity index is 1.61. The van der Waals surface area contributed by atoms with Gasteiger partial charge in [-0.15, -0.1) is 0 Å². The Morgan fingerprint density at radius 1 is 0.912 bits per heavy atom. The number of halogens is 2. The molecule has 0 atom stereocenters. The van der Waals surface area contributed by atoms with Crippen LogP contribution in [0.4, 0.5) is 14.5 Å². The normalized spacial score (nSPS) is 14.2. The molecule has 1 aliphatic rings. The molecule has 1 aliphatic heterocycles. The van der Waals surface area contributed by atoms with Crippen LogP contribution in [0.2, 0.25) is 0 Å². The Morgan fingerprint density at radius 2 is 1.59 bits per heavy atom. The van der Waals surface area contributed by atoms with Gasteiger partial charge < -0.3 is 9.80 Å². The molecule has 1 amide bonds. The lowest BCUT2D eigenvalue weighted by atomic mass is 9.98. The number of carbonyl (C=O) groups excluding carboxylic acids is 2. The van der Waals surface area contributed by atoms with Crippen molar-refractivity contribution in [2.75, 3.05) is 37.3 Å². The zero-order valence-electron chi connectivity index (χ0n) is 18.4. The molecule has 0 bridgehead atoms. The summed E-state index contributed by atoms with van der Waals surface area (Å²) in [7, 11) is -3.56. The van der Waals surface area contributed by atoms with Crippen molar-refractivity contribution in [3.63, 3.8) is 0 Å². The smallest absolute Gasteiger partial charge is 0.254 e. The Morgan fingerprint density at radius 3 is 2.18 bits per heavy atom. The number of aldehydes is 1. The lowest BCUT2D eigenvalue weighted by Gasteiger charge is -2.36. The minimum absolute atomic E-state index is 0.0117. The number of nitrogens with zero attached hydrogens (tertiary/aromatic N) is 2. The zero-order valence-corrected chi connectivity index (χ0v) is 19.2. The van der Waals surface area contributed by atoms with Gasteiger partial charge in [-0.05, 0) is 53.6 Å². The molecule has 0 aromatic heterocycles. The van der Waals surface area contributed by atoms with Crippen molar-refractivity contribution in [2.45, 2.75) is 4.90 Å². The topological polar surface area (TPSA) is 74.8 Å². The maximum Gasteiger partial charge on any atom is 0.254 e. The first-order valence-electron chi connectivity index (χ1n) is 10.6. The maximum absolute atomic E-state index is 14.4. The van der Waals surface area contributed by atoms with Gasteiger partial charge in [0.2, 0.25) is 0 Å². The molecular formula is C25H22F2N2O4S. The summed E-state index contributed by atoms with van der Waals surface area (Å²) < 4.78 is 52.1. The molecule has 3 aromatic carbocycles. The summed E-state index contributed by atoms with van der Waals surface area (Å²) in [5.74, 6) is -1.29. The fraction of sp³-hybridized carbons (Fsp3) is 0.200. The molecule has 9 heteroatoms. The average molecular weight is 485 g/mol. The molecule has 6 nitrogen and oxygen atoms in total. The molecule has 0 saturated carbocycles. The quantitative estimate of drug-likeness (QED) is 0.515. The van der Waals surface area contributed by atoms with E-state index < -0.39 is 21.5 Å². The van der Waals surface area contributed by atoms with Gasteiger partial charge >= 0.3 is 0 Å². The number of sulfone groups is 1. The van der Waals surface area contributed by atoms with E-state index in [-0.39, 0.29) is 21.9 Å². The molecule has 4 rings (SSSR count). The minimum atomic E-state index is -3.56. The van der Waals surface area contributed by atoms with Crippen molar-refractivity contribution in [3.05, 3.63) is 83.4 Å². The van der Waals surface area contributed by atoms with E-state index in [1.807, 2.05) is 0 Å². The highest BCUT2D eigenvalue weighted by molar-refractivity contribution is 7.90. The molecule has 0 radical (unpaired) electrons. The van der Waals surface area contributed by atoms with Crippen LogP contribution in [0.5, 0.6) is 0 Å². The molecule has 0 N–H and O–H groups in total. The second kappa shape index (κ2) is 9.34. The standard InChI is InChI=1S/C25H22F2N2O4S/c1-34(32,33)20-7-8-21(18-3-5-19(26)6-4-18)22(15-20)25(31)29-12-10-28(11-13-29)24-9-2-17(16-30)14-23(24)27/h2-9,14-16H,10-13H2,1H3. The first-order chi connectivity index (χ1) is 16.2. The van der Waals surface area contributed by atoms with Crippen molar-refractivity contribution in [1.29, 1.82) is 0 Å². The monoisotopic (exact) mass is 484 g/mol.